The zero-order valence-corrected chi connectivity index (χ0v) is 17.3. The van der Waals surface area contributed by atoms with Crippen molar-refractivity contribution in [1.29, 1.82) is 0 Å². The summed E-state index contributed by atoms with van der Waals surface area (Å²) in [4.78, 5) is 79.1. The van der Waals surface area contributed by atoms with Crippen molar-refractivity contribution in [3.05, 3.63) is 32.6 Å². The summed E-state index contributed by atoms with van der Waals surface area (Å²) >= 11 is 0. The van der Waals surface area contributed by atoms with Gasteiger partial charge >= 0.3 is 11.7 Å². The summed E-state index contributed by atoms with van der Waals surface area (Å²) < 4.78 is 49.0. The number of aromatic amines is 1. The molecule has 18 nitrogen and oxygen atoms in total. The van der Waals surface area contributed by atoms with E-state index in [0.717, 1.165) is 0 Å². The SMILES string of the molecule is O=C(O)c1cn(C2CC(O)C(COP(=O)([O-])OP(=O)([O-])OP(=O)([O-])[O-])O2)c(=O)[nH]c1=O. The maximum Gasteiger partial charge on any atom is 0.342 e. The van der Waals surface area contributed by atoms with Crippen LogP contribution in [0.2, 0.25) is 0 Å². The molecule has 0 amide bonds. The fourth-order valence-corrected chi connectivity index (χ4v) is 5.20. The lowest BCUT2D eigenvalue weighted by molar-refractivity contribution is -0.339. The fourth-order valence-electron chi connectivity index (χ4n) is 2.34. The first-order valence-electron chi connectivity index (χ1n) is 7.63. The third-order valence-electron chi connectivity index (χ3n) is 3.51. The molecule has 1 aromatic rings. The number of aromatic nitrogens is 2. The van der Waals surface area contributed by atoms with Crippen LogP contribution in [0.4, 0.5) is 0 Å². The second-order valence-electron chi connectivity index (χ2n) is 5.75. The number of rotatable bonds is 9. The number of ether oxygens (including phenoxy) is 1. The number of carboxylic acid groups (broad SMARTS) is 1. The predicted octanol–water partition coefficient (Wildman–Crippen LogP) is -4.30. The van der Waals surface area contributed by atoms with Crippen LogP contribution in [-0.4, -0.2) is 44.5 Å². The van der Waals surface area contributed by atoms with Crippen LogP contribution in [0.25, 0.3) is 0 Å². The predicted molar refractivity (Wildman–Crippen MR) is 83.8 cm³/mol. The van der Waals surface area contributed by atoms with Crippen molar-refractivity contribution in [2.75, 3.05) is 6.61 Å². The van der Waals surface area contributed by atoms with Gasteiger partial charge in [-0.05, 0) is 0 Å². The average Bonchev–Trinajstić information content (AvgIpc) is 2.90. The number of hydrogen-bond acceptors (Lipinski definition) is 15. The Morgan fingerprint density at radius 2 is 1.81 bits per heavy atom. The molecule has 2 heterocycles. The van der Waals surface area contributed by atoms with E-state index in [-0.39, 0.29) is 0 Å². The highest BCUT2D eigenvalue weighted by Gasteiger charge is 2.37. The second-order valence-corrected chi connectivity index (χ2v) is 10.00. The van der Waals surface area contributed by atoms with Crippen LogP contribution < -0.4 is 30.8 Å². The molecule has 0 aliphatic carbocycles. The molecular formula is C10H11N2O16P3-4. The minimum atomic E-state index is -6.18. The first-order chi connectivity index (χ1) is 14.0. The number of aromatic carboxylic acids is 1. The van der Waals surface area contributed by atoms with Gasteiger partial charge in [-0.3, -0.25) is 27.8 Å². The minimum Gasteiger partial charge on any atom is -0.790 e. The van der Waals surface area contributed by atoms with Gasteiger partial charge in [0.05, 0.1) is 20.5 Å². The van der Waals surface area contributed by atoms with Gasteiger partial charge in [0, 0.05) is 12.6 Å². The Balaban J connectivity index is 2.08. The molecule has 0 spiro atoms. The van der Waals surface area contributed by atoms with Crippen molar-refractivity contribution < 1.29 is 66.2 Å². The molecule has 0 radical (unpaired) electrons. The third kappa shape index (κ3) is 7.25. The zero-order valence-electron chi connectivity index (χ0n) is 14.6. The quantitative estimate of drug-likeness (QED) is 0.266. The molecule has 1 aliphatic rings. The monoisotopic (exact) mass is 508 g/mol. The first kappa shape index (κ1) is 25.7. The van der Waals surface area contributed by atoms with E-state index in [9.17, 15) is 52.8 Å². The van der Waals surface area contributed by atoms with Gasteiger partial charge in [0.25, 0.3) is 21.2 Å². The number of carboxylic acids is 1. The van der Waals surface area contributed by atoms with E-state index in [0.29, 0.717) is 10.8 Å². The molecule has 1 aliphatic heterocycles. The van der Waals surface area contributed by atoms with Gasteiger partial charge in [0.1, 0.15) is 17.9 Å². The van der Waals surface area contributed by atoms with Crippen LogP contribution in [0.1, 0.15) is 23.0 Å². The Morgan fingerprint density at radius 3 is 2.35 bits per heavy atom. The topological polar surface area (TPSA) is 293 Å². The van der Waals surface area contributed by atoms with Crippen LogP contribution in [0.3, 0.4) is 0 Å². The van der Waals surface area contributed by atoms with Crippen molar-refractivity contribution in [2.24, 2.45) is 0 Å². The highest BCUT2D eigenvalue weighted by Crippen LogP contribution is 2.60. The number of carbonyl (C=O) groups is 1. The highest BCUT2D eigenvalue weighted by molar-refractivity contribution is 7.64. The van der Waals surface area contributed by atoms with Crippen LogP contribution in [0.5, 0.6) is 0 Å². The number of nitrogens with zero attached hydrogens (tertiary/aromatic N) is 1. The van der Waals surface area contributed by atoms with Gasteiger partial charge < -0.3 is 43.6 Å². The van der Waals surface area contributed by atoms with Gasteiger partial charge in [0.15, 0.2) is 0 Å². The molecule has 21 heteroatoms. The van der Waals surface area contributed by atoms with Gasteiger partial charge in [-0.2, -0.15) is 0 Å². The lowest BCUT2D eigenvalue weighted by atomic mass is 10.2. The lowest BCUT2D eigenvalue weighted by Crippen LogP contribution is -2.35. The van der Waals surface area contributed by atoms with Gasteiger partial charge in [-0.15, -0.1) is 0 Å². The molecule has 5 atom stereocenters. The summed E-state index contributed by atoms with van der Waals surface area (Å²) in [5.74, 6) is -1.68. The summed E-state index contributed by atoms with van der Waals surface area (Å²) in [6.45, 7) is -1.12. The average molecular weight is 508 g/mol. The van der Waals surface area contributed by atoms with Crippen molar-refractivity contribution in [1.82, 2.24) is 9.55 Å². The van der Waals surface area contributed by atoms with E-state index in [1.165, 1.54) is 0 Å². The van der Waals surface area contributed by atoms with Gasteiger partial charge in [-0.25, -0.2) is 13.9 Å². The van der Waals surface area contributed by atoms with Crippen molar-refractivity contribution in [3.8, 4) is 0 Å². The molecule has 5 unspecified atom stereocenters. The van der Waals surface area contributed by atoms with Gasteiger partial charge in [-0.1, -0.05) is 0 Å². The van der Waals surface area contributed by atoms with Crippen molar-refractivity contribution in [2.45, 2.75) is 24.9 Å². The number of aliphatic hydroxyl groups excluding tert-OH is 1. The van der Waals surface area contributed by atoms with E-state index in [2.05, 4.69) is 13.1 Å². The third-order valence-corrected chi connectivity index (χ3v) is 7.17. The number of phosphoric ester groups is 1. The minimum absolute atomic E-state index is 0.415. The molecule has 3 N–H and O–H groups in total. The maximum absolute atomic E-state index is 11.9. The Labute approximate surface area is 170 Å². The molecular weight excluding hydrogens is 497 g/mol. The standard InChI is InChI=1S/C10H15N2O16P3/c13-5-1-7(12-2-4(9(15)16)8(14)11-10(12)17)26-6(5)3-25-30(21,22)28-31(23,24)27-29(18,19)20/h2,5-7,13H,1,3H2,(H,15,16)(H,21,22)(H,23,24)(H,11,14,17)(H2,18,19,20)/p-4. The number of phosphoric acid groups is 3. The Bertz CT molecular complexity index is 1100. The van der Waals surface area contributed by atoms with E-state index < -0.39 is 77.7 Å². The molecule has 176 valence electrons. The molecule has 0 aromatic carbocycles. The summed E-state index contributed by atoms with van der Waals surface area (Å²) in [7, 11) is -18.2. The normalized spacial score (nSPS) is 25.6. The van der Waals surface area contributed by atoms with Gasteiger partial charge in [0.2, 0.25) is 0 Å². The van der Waals surface area contributed by atoms with Crippen molar-refractivity contribution >= 4 is 29.4 Å². The number of nitrogens with one attached hydrogen (secondary N) is 1. The molecule has 1 saturated heterocycles. The maximum atomic E-state index is 11.9. The van der Waals surface area contributed by atoms with Crippen LogP contribution in [0.15, 0.2) is 15.8 Å². The molecule has 2 rings (SSSR count). The van der Waals surface area contributed by atoms with E-state index in [4.69, 9.17) is 9.84 Å². The Kier molecular flexibility index (Phi) is 7.60. The van der Waals surface area contributed by atoms with E-state index >= 15 is 0 Å². The molecule has 0 saturated carbocycles. The molecule has 31 heavy (non-hydrogen) atoms. The molecule has 1 fully saturated rings. The van der Waals surface area contributed by atoms with E-state index in [1.807, 2.05) is 0 Å². The van der Waals surface area contributed by atoms with Crippen LogP contribution in [-0.2, 0) is 31.6 Å². The highest BCUT2D eigenvalue weighted by atomic mass is 31.3. The lowest BCUT2D eigenvalue weighted by Gasteiger charge is -2.37. The van der Waals surface area contributed by atoms with Crippen LogP contribution >= 0.6 is 23.5 Å². The van der Waals surface area contributed by atoms with E-state index in [1.54, 1.807) is 4.98 Å². The zero-order chi connectivity index (χ0) is 23.8. The molecule has 0 bridgehead atoms. The Hall–Kier alpha value is -1.52. The number of H-pyrrole nitrogens is 1. The van der Waals surface area contributed by atoms with Crippen molar-refractivity contribution in [3.63, 3.8) is 0 Å². The van der Waals surface area contributed by atoms with Crippen LogP contribution in [0, 0.1) is 0 Å². The summed E-state index contributed by atoms with van der Waals surface area (Å²) in [6.07, 6.45) is -4.25. The molecule has 1 aromatic heterocycles. The number of hydrogen-bond donors (Lipinski definition) is 3. The largest absolute Gasteiger partial charge is 0.790 e. The fraction of sp³-hybridized carbons (Fsp3) is 0.500. The Morgan fingerprint density at radius 1 is 1.19 bits per heavy atom. The number of aliphatic hydroxyl groups is 1. The summed E-state index contributed by atoms with van der Waals surface area (Å²) in [6, 6.07) is 0. The first-order valence-corrected chi connectivity index (χ1v) is 12.0. The summed E-state index contributed by atoms with van der Waals surface area (Å²) in [5, 5.41) is 18.8. The summed E-state index contributed by atoms with van der Waals surface area (Å²) in [5.41, 5.74) is -3.16. The smallest absolute Gasteiger partial charge is 0.342 e. The second kappa shape index (κ2) is 9.15.